The molecule has 1 saturated carbocycles. The summed E-state index contributed by atoms with van der Waals surface area (Å²) in [5.41, 5.74) is 0. The quantitative estimate of drug-likeness (QED) is 0.199. The molecule has 0 bridgehead atoms. The Morgan fingerprint density at radius 1 is 1.15 bits per heavy atom. The number of halogens is 1. The van der Waals surface area contributed by atoms with Crippen molar-refractivity contribution >= 4 is 29.9 Å². The van der Waals surface area contributed by atoms with Crippen molar-refractivity contribution in [1.29, 1.82) is 0 Å². The Kier molecular flexibility index (Phi) is 14.5. The minimum atomic E-state index is 0. The average molecular weight is 496 g/mol. The minimum absolute atomic E-state index is 0. The molecule has 2 aliphatic rings. The summed E-state index contributed by atoms with van der Waals surface area (Å²) in [4.78, 5) is 7.17. The van der Waals surface area contributed by atoms with Gasteiger partial charge in [-0.05, 0) is 46.1 Å². The van der Waals surface area contributed by atoms with Crippen molar-refractivity contribution in [1.82, 2.24) is 15.5 Å². The number of guanidine groups is 1. The molecule has 0 aromatic heterocycles. The normalized spacial score (nSPS) is 21.3. The lowest BCUT2D eigenvalue weighted by Crippen LogP contribution is -2.43. The molecular formula is C20H41IN4O2. The zero-order chi connectivity index (χ0) is 18.5. The van der Waals surface area contributed by atoms with Gasteiger partial charge in [0, 0.05) is 45.4 Å². The maximum atomic E-state index is 5.70. The van der Waals surface area contributed by atoms with Crippen molar-refractivity contribution < 1.29 is 9.47 Å². The van der Waals surface area contributed by atoms with Gasteiger partial charge in [-0.3, -0.25) is 4.99 Å². The molecule has 2 N–H and O–H groups in total. The zero-order valence-corrected chi connectivity index (χ0v) is 19.7. The van der Waals surface area contributed by atoms with Crippen LogP contribution in [0.15, 0.2) is 4.99 Å². The molecule has 0 aromatic carbocycles. The zero-order valence-electron chi connectivity index (χ0n) is 17.4. The van der Waals surface area contributed by atoms with Gasteiger partial charge in [-0.2, -0.15) is 0 Å². The second kappa shape index (κ2) is 15.8. The first-order valence-corrected chi connectivity index (χ1v) is 10.7. The lowest BCUT2D eigenvalue weighted by Gasteiger charge is -2.31. The van der Waals surface area contributed by atoms with Crippen molar-refractivity contribution in [3.8, 4) is 0 Å². The first-order valence-electron chi connectivity index (χ1n) is 10.7. The van der Waals surface area contributed by atoms with Crippen LogP contribution in [0.3, 0.4) is 0 Å². The van der Waals surface area contributed by atoms with E-state index < -0.39 is 0 Å². The molecule has 1 atom stereocenters. The summed E-state index contributed by atoms with van der Waals surface area (Å²) in [6.07, 6.45) is 10.5. The van der Waals surface area contributed by atoms with Gasteiger partial charge in [0.1, 0.15) is 0 Å². The molecule has 1 heterocycles. The number of nitrogens with one attached hydrogen (secondary N) is 2. The minimum Gasteiger partial charge on any atom is -0.379 e. The summed E-state index contributed by atoms with van der Waals surface area (Å²) in [6.45, 7) is 8.18. The molecule has 7 heteroatoms. The maximum absolute atomic E-state index is 5.70. The fourth-order valence-electron chi connectivity index (χ4n) is 3.74. The van der Waals surface area contributed by atoms with Crippen molar-refractivity contribution in [3.63, 3.8) is 0 Å². The molecule has 0 radical (unpaired) electrons. The van der Waals surface area contributed by atoms with E-state index in [9.17, 15) is 0 Å². The Balaban J connectivity index is 0.00000364. The molecule has 1 saturated heterocycles. The van der Waals surface area contributed by atoms with Crippen LogP contribution in [0.5, 0.6) is 0 Å². The number of hydrogen-bond acceptors (Lipinski definition) is 4. The molecule has 0 spiro atoms. The molecule has 2 rings (SSSR count). The lowest BCUT2D eigenvalue weighted by atomic mass is 9.94. The van der Waals surface area contributed by atoms with Crippen molar-refractivity contribution in [3.05, 3.63) is 0 Å². The smallest absolute Gasteiger partial charge is 0.191 e. The average Bonchev–Trinajstić information content (AvgIpc) is 3.18. The van der Waals surface area contributed by atoms with Gasteiger partial charge in [0.25, 0.3) is 0 Å². The largest absolute Gasteiger partial charge is 0.379 e. The van der Waals surface area contributed by atoms with Gasteiger partial charge in [-0.1, -0.05) is 19.3 Å². The van der Waals surface area contributed by atoms with E-state index in [1.165, 1.54) is 38.5 Å². The monoisotopic (exact) mass is 496 g/mol. The van der Waals surface area contributed by atoms with Gasteiger partial charge in [0.05, 0.1) is 12.7 Å². The molecule has 0 amide bonds. The van der Waals surface area contributed by atoms with Crippen LogP contribution < -0.4 is 10.6 Å². The highest BCUT2D eigenvalue weighted by atomic mass is 127. The van der Waals surface area contributed by atoms with Crippen LogP contribution >= 0.6 is 24.0 Å². The summed E-state index contributed by atoms with van der Waals surface area (Å²) in [5.74, 6) is 0.920. The van der Waals surface area contributed by atoms with Gasteiger partial charge in [-0.15, -0.1) is 24.0 Å². The summed E-state index contributed by atoms with van der Waals surface area (Å²) >= 11 is 0. The molecule has 1 aliphatic heterocycles. The Morgan fingerprint density at radius 2 is 1.96 bits per heavy atom. The number of ether oxygens (including phenoxy) is 2. The molecular weight excluding hydrogens is 455 g/mol. The van der Waals surface area contributed by atoms with Crippen LogP contribution in [0.25, 0.3) is 0 Å². The third kappa shape index (κ3) is 10.9. The van der Waals surface area contributed by atoms with Gasteiger partial charge in [0.15, 0.2) is 5.96 Å². The number of nitrogens with zero attached hydrogens (tertiary/aromatic N) is 2. The van der Waals surface area contributed by atoms with Crippen LogP contribution in [-0.4, -0.2) is 76.1 Å². The fourth-order valence-corrected chi connectivity index (χ4v) is 3.74. The van der Waals surface area contributed by atoms with Gasteiger partial charge < -0.3 is 25.0 Å². The number of likely N-dealkylation sites (N-methyl/N-ethyl adjacent to an activating group) is 1. The lowest BCUT2D eigenvalue weighted by molar-refractivity contribution is 0.0171. The Morgan fingerprint density at radius 3 is 2.67 bits per heavy atom. The van der Waals surface area contributed by atoms with Gasteiger partial charge in [-0.25, -0.2) is 0 Å². The highest BCUT2D eigenvalue weighted by molar-refractivity contribution is 14.0. The highest BCUT2D eigenvalue weighted by Crippen LogP contribution is 2.21. The first kappa shape index (κ1) is 24.9. The second-order valence-electron chi connectivity index (χ2n) is 7.52. The number of hydrogen-bond donors (Lipinski definition) is 2. The second-order valence-corrected chi connectivity index (χ2v) is 7.52. The van der Waals surface area contributed by atoms with Crippen LogP contribution in [0.4, 0.5) is 0 Å². The van der Waals surface area contributed by atoms with E-state index in [0.717, 1.165) is 70.8 Å². The number of aliphatic imine (C=N–C) groups is 1. The van der Waals surface area contributed by atoms with E-state index >= 15 is 0 Å². The van der Waals surface area contributed by atoms with E-state index in [-0.39, 0.29) is 24.0 Å². The van der Waals surface area contributed by atoms with Crippen molar-refractivity contribution in [2.24, 2.45) is 4.99 Å². The first-order chi connectivity index (χ1) is 12.8. The molecule has 6 nitrogen and oxygen atoms in total. The predicted molar refractivity (Wildman–Crippen MR) is 123 cm³/mol. The van der Waals surface area contributed by atoms with Crippen LogP contribution in [-0.2, 0) is 9.47 Å². The molecule has 2 fully saturated rings. The molecule has 27 heavy (non-hydrogen) atoms. The third-order valence-electron chi connectivity index (χ3n) is 5.34. The Hall–Kier alpha value is -0.120. The van der Waals surface area contributed by atoms with Crippen LogP contribution in [0, 0.1) is 0 Å². The standard InChI is InChI=1S/C20H40N4O2.HI/c1-3-21-20(22-12-8-15-25-17-19-11-7-16-26-19)23-13-14-24(2)18-9-5-4-6-10-18;/h18-19H,3-17H2,1-2H3,(H2,21,22,23);1H. The van der Waals surface area contributed by atoms with E-state index in [0.29, 0.717) is 6.10 Å². The van der Waals surface area contributed by atoms with Crippen molar-refractivity contribution in [2.45, 2.75) is 70.4 Å². The van der Waals surface area contributed by atoms with Gasteiger partial charge in [0.2, 0.25) is 0 Å². The fraction of sp³-hybridized carbons (Fsp3) is 0.950. The SMILES string of the molecule is CCNC(=NCCCOCC1CCCO1)NCCN(C)C1CCCCC1.I. The summed E-state index contributed by atoms with van der Waals surface area (Å²) < 4.78 is 11.3. The summed E-state index contributed by atoms with van der Waals surface area (Å²) in [5, 5.41) is 6.79. The predicted octanol–water partition coefficient (Wildman–Crippen LogP) is 3.01. The van der Waals surface area contributed by atoms with E-state index in [1.54, 1.807) is 0 Å². The van der Waals surface area contributed by atoms with Crippen molar-refractivity contribution in [2.75, 3.05) is 53.0 Å². The van der Waals surface area contributed by atoms with Gasteiger partial charge >= 0.3 is 0 Å². The molecule has 1 unspecified atom stereocenters. The Labute approximate surface area is 183 Å². The summed E-state index contributed by atoms with van der Waals surface area (Å²) in [6, 6.07) is 0.770. The highest BCUT2D eigenvalue weighted by Gasteiger charge is 2.17. The van der Waals surface area contributed by atoms with E-state index in [1.807, 2.05) is 0 Å². The molecule has 160 valence electrons. The van der Waals surface area contributed by atoms with Crippen LogP contribution in [0.1, 0.15) is 58.3 Å². The van der Waals surface area contributed by atoms with E-state index in [2.05, 4.69) is 34.5 Å². The topological polar surface area (TPSA) is 58.1 Å². The van der Waals surface area contributed by atoms with E-state index in [4.69, 9.17) is 9.47 Å². The summed E-state index contributed by atoms with van der Waals surface area (Å²) in [7, 11) is 2.26. The molecule has 0 aromatic rings. The number of rotatable bonds is 11. The molecule has 1 aliphatic carbocycles. The van der Waals surface area contributed by atoms with Crippen LogP contribution in [0.2, 0.25) is 0 Å². The Bertz CT molecular complexity index is 386. The third-order valence-corrected chi connectivity index (χ3v) is 5.34. The maximum Gasteiger partial charge on any atom is 0.191 e.